The molecule has 1 aliphatic carbocycles. The van der Waals surface area contributed by atoms with E-state index in [9.17, 15) is 22.8 Å². The zero-order valence-corrected chi connectivity index (χ0v) is 24.9. The van der Waals surface area contributed by atoms with Crippen molar-refractivity contribution in [3.05, 3.63) is 30.2 Å². The molecule has 0 radical (unpaired) electrons. The SMILES string of the molecule is CC(C)(C)OC(=O)N(C(=O)OC(C)(C)C)c1ncnc2c1c(Oc1cc(C(F)(F)F)ccn1)nn2CC1CC(Br)C1. The molecule has 0 aliphatic heterocycles. The number of rotatable bonds is 5. The number of carbonyl (C=O) groups is 2. The van der Waals surface area contributed by atoms with Gasteiger partial charge in [0.25, 0.3) is 5.88 Å². The van der Waals surface area contributed by atoms with Crippen molar-refractivity contribution in [2.45, 2.75) is 83.1 Å². The van der Waals surface area contributed by atoms with Crippen LogP contribution in [0.5, 0.6) is 11.8 Å². The van der Waals surface area contributed by atoms with Gasteiger partial charge in [0.1, 0.15) is 22.9 Å². The number of ether oxygens (including phenoxy) is 3. The summed E-state index contributed by atoms with van der Waals surface area (Å²) in [7, 11) is 0. The maximum absolute atomic E-state index is 13.4. The van der Waals surface area contributed by atoms with Gasteiger partial charge in [-0.3, -0.25) is 0 Å². The fourth-order valence-electron chi connectivity index (χ4n) is 3.98. The van der Waals surface area contributed by atoms with Crippen molar-refractivity contribution in [1.29, 1.82) is 0 Å². The monoisotopic (exact) mass is 642 g/mol. The summed E-state index contributed by atoms with van der Waals surface area (Å²) in [5.74, 6) is -0.715. The van der Waals surface area contributed by atoms with E-state index in [1.165, 1.54) is 4.68 Å². The number of fused-ring (bicyclic) bond motifs is 1. The zero-order valence-electron chi connectivity index (χ0n) is 23.3. The van der Waals surface area contributed by atoms with Crippen molar-refractivity contribution in [3.8, 4) is 11.8 Å². The summed E-state index contributed by atoms with van der Waals surface area (Å²) in [6.07, 6.45) is -3.01. The Morgan fingerprint density at radius 3 is 2.17 bits per heavy atom. The average molecular weight is 643 g/mol. The van der Waals surface area contributed by atoms with Crippen LogP contribution in [0, 0.1) is 5.92 Å². The molecule has 0 unspecified atom stereocenters. The lowest BCUT2D eigenvalue weighted by atomic mass is 9.85. The fourth-order valence-corrected chi connectivity index (χ4v) is 5.04. The second-order valence-electron chi connectivity index (χ2n) is 11.6. The second-order valence-corrected chi connectivity index (χ2v) is 12.9. The van der Waals surface area contributed by atoms with Gasteiger partial charge in [0.05, 0.1) is 5.56 Å². The summed E-state index contributed by atoms with van der Waals surface area (Å²) >= 11 is 3.56. The van der Waals surface area contributed by atoms with E-state index in [-0.39, 0.29) is 28.6 Å². The van der Waals surface area contributed by atoms with E-state index in [4.69, 9.17) is 14.2 Å². The number of halogens is 4. The number of amides is 2. The third-order valence-electron chi connectivity index (χ3n) is 5.71. The molecule has 4 rings (SSSR count). The Morgan fingerprint density at radius 1 is 1.02 bits per heavy atom. The van der Waals surface area contributed by atoms with Crippen LogP contribution in [0.2, 0.25) is 0 Å². The largest absolute Gasteiger partial charge is 0.443 e. The smallest absolute Gasteiger partial charge is 0.425 e. The Kier molecular flexibility index (Phi) is 8.22. The normalized spacial score (nSPS) is 17.6. The second kappa shape index (κ2) is 11.1. The highest BCUT2D eigenvalue weighted by Crippen LogP contribution is 2.39. The molecule has 1 fully saturated rings. The first kappa shape index (κ1) is 30.5. The highest BCUT2D eigenvalue weighted by atomic mass is 79.9. The van der Waals surface area contributed by atoms with E-state index < -0.39 is 41.0 Å². The number of alkyl halides is 4. The molecule has 0 bridgehead atoms. The number of anilines is 1. The molecule has 1 saturated carbocycles. The molecule has 3 heterocycles. The Balaban J connectivity index is 1.87. The van der Waals surface area contributed by atoms with Gasteiger partial charge in [0.2, 0.25) is 5.88 Å². The Hall–Kier alpha value is -3.49. The number of nitrogens with zero attached hydrogens (tertiary/aromatic N) is 6. The van der Waals surface area contributed by atoms with Gasteiger partial charge in [-0.05, 0) is 66.4 Å². The molecule has 3 aromatic heterocycles. The molecular formula is C26H30BrF3N6O5. The van der Waals surface area contributed by atoms with Gasteiger partial charge in [-0.25, -0.2) is 29.2 Å². The van der Waals surface area contributed by atoms with Crippen molar-refractivity contribution in [1.82, 2.24) is 24.7 Å². The maximum atomic E-state index is 13.4. The number of hydrogen-bond acceptors (Lipinski definition) is 9. The minimum Gasteiger partial charge on any atom is -0.443 e. The van der Waals surface area contributed by atoms with Crippen LogP contribution in [-0.2, 0) is 22.2 Å². The van der Waals surface area contributed by atoms with Crippen LogP contribution in [0.4, 0.5) is 28.6 Å². The lowest BCUT2D eigenvalue weighted by Gasteiger charge is -2.31. The first-order valence-corrected chi connectivity index (χ1v) is 13.7. The Morgan fingerprint density at radius 2 is 1.63 bits per heavy atom. The number of carbonyl (C=O) groups excluding carboxylic acids is 2. The van der Waals surface area contributed by atoms with Gasteiger partial charge in [0, 0.05) is 23.6 Å². The predicted octanol–water partition coefficient (Wildman–Crippen LogP) is 6.88. The molecule has 15 heteroatoms. The van der Waals surface area contributed by atoms with Crippen LogP contribution in [0.15, 0.2) is 24.7 Å². The van der Waals surface area contributed by atoms with E-state index in [1.807, 2.05) is 0 Å². The Labute approximate surface area is 242 Å². The van der Waals surface area contributed by atoms with E-state index in [0.29, 0.717) is 16.3 Å². The molecule has 0 spiro atoms. The molecule has 0 N–H and O–H groups in total. The van der Waals surface area contributed by atoms with Crippen LogP contribution in [0.3, 0.4) is 0 Å². The predicted molar refractivity (Wildman–Crippen MR) is 145 cm³/mol. The standard InChI is InChI=1S/C26H30BrF3N6O5/c1-24(2,3)40-22(37)36(23(38)41-25(4,5)6)20-18-19(32-13-33-20)35(12-14-9-16(27)10-14)34-21(18)39-17-11-15(7-8-31-17)26(28,29)30/h7-8,11,13-14,16H,9-10,12H2,1-6H3. The van der Waals surface area contributed by atoms with Gasteiger partial charge in [-0.15, -0.1) is 5.10 Å². The van der Waals surface area contributed by atoms with E-state index >= 15 is 0 Å². The average Bonchev–Trinajstić information content (AvgIpc) is 3.13. The molecule has 222 valence electrons. The minimum atomic E-state index is -4.64. The third-order valence-corrected chi connectivity index (χ3v) is 6.46. The first-order chi connectivity index (χ1) is 18.9. The third kappa shape index (κ3) is 7.43. The highest BCUT2D eigenvalue weighted by Gasteiger charge is 2.38. The van der Waals surface area contributed by atoms with Crippen molar-refractivity contribution < 1.29 is 37.0 Å². The van der Waals surface area contributed by atoms with Crippen molar-refractivity contribution in [2.24, 2.45) is 5.92 Å². The van der Waals surface area contributed by atoms with Crippen molar-refractivity contribution in [3.63, 3.8) is 0 Å². The van der Waals surface area contributed by atoms with Gasteiger partial charge < -0.3 is 14.2 Å². The molecule has 2 amide bonds. The maximum Gasteiger partial charge on any atom is 0.425 e. The van der Waals surface area contributed by atoms with Gasteiger partial charge in [0.15, 0.2) is 11.5 Å². The first-order valence-electron chi connectivity index (χ1n) is 12.7. The van der Waals surface area contributed by atoms with Crippen molar-refractivity contribution >= 4 is 45.0 Å². The summed E-state index contributed by atoms with van der Waals surface area (Å²) < 4.78 is 58.3. The topological polar surface area (TPSA) is 122 Å². The number of hydrogen-bond donors (Lipinski definition) is 0. The molecule has 0 atom stereocenters. The quantitative estimate of drug-likeness (QED) is 0.274. The molecule has 11 nitrogen and oxygen atoms in total. The fraction of sp³-hybridized carbons (Fsp3) is 0.538. The van der Waals surface area contributed by atoms with Crippen LogP contribution < -0.4 is 9.64 Å². The summed E-state index contributed by atoms with van der Waals surface area (Å²) in [6.45, 7) is 10.1. The molecular weight excluding hydrogens is 613 g/mol. The molecule has 0 saturated heterocycles. The van der Waals surface area contributed by atoms with E-state index in [0.717, 1.165) is 37.5 Å². The van der Waals surface area contributed by atoms with Gasteiger partial charge >= 0.3 is 18.4 Å². The minimum absolute atomic E-state index is 0.0156. The number of aromatic nitrogens is 5. The van der Waals surface area contributed by atoms with Crippen LogP contribution >= 0.6 is 15.9 Å². The van der Waals surface area contributed by atoms with E-state index in [1.54, 1.807) is 41.5 Å². The summed E-state index contributed by atoms with van der Waals surface area (Å²) in [5, 5.41) is 4.44. The van der Waals surface area contributed by atoms with Crippen LogP contribution in [0.1, 0.15) is 59.9 Å². The van der Waals surface area contributed by atoms with Gasteiger partial charge in [-0.2, -0.15) is 18.1 Å². The van der Waals surface area contributed by atoms with Gasteiger partial charge in [-0.1, -0.05) is 15.9 Å². The van der Waals surface area contributed by atoms with Crippen LogP contribution in [-0.4, -0.2) is 52.9 Å². The Bertz CT molecular complexity index is 1420. The zero-order chi connectivity index (χ0) is 30.3. The van der Waals surface area contributed by atoms with Crippen molar-refractivity contribution in [2.75, 3.05) is 4.90 Å². The highest BCUT2D eigenvalue weighted by molar-refractivity contribution is 9.09. The molecule has 0 aromatic carbocycles. The lowest BCUT2D eigenvalue weighted by molar-refractivity contribution is -0.137. The van der Waals surface area contributed by atoms with Crippen LogP contribution in [0.25, 0.3) is 11.0 Å². The van der Waals surface area contributed by atoms with E-state index in [2.05, 4.69) is 36.0 Å². The molecule has 1 aliphatic rings. The lowest BCUT2D eigenvalue weighted by Crippen LogP contribution is -2.44. The molecule has 3 aromatic rings. The summed E-state index contributed by atoms with van der Waals surface area (Å²) in [6, 6.07) is 1.52. The number of pyridine rings is 1. The number of imide groups is 1. The summed E-state index contributed by atoms with van der Waals surface area (Å²) in [5.41, 5.74) is -2.78. The summed E-state index contributed by atoms with van der Waals surface area (Å²) in [4.78, 5) is 40.1. The molecule has 41 heavy (non-hydrogen) atoms.